The monoisotopic (exact) mass is 654 g/mol. The topological polar surface area (TPSA) is 93.1 Å². The molecule has 1 aromatic carbocycles. The highest BCUT2D eigenvalue weighted by atomic mass is 19.4. The summed E-state index contributed by atoms with van der Waals surface area (Å²) in [6.07, 6.45) is -3.97. The third-order valence-corrected chi connectivity index (χ3v) is 7.01. The van der Waals surface area contributed by atoms with Crippen LogP contribution in [0.4, 0.5) is 35.1 Å². The van der Waals surface area contributed by atoms with Crippen molar-refractivity contribution in [3.63, 3.8) is 0 Å². The lowest BCUT2D eigenvalue weighted by atomic mass is 9.91. The maximum absolute atomic E-state index is 13.1. The van der Waals surface area contributed by atoms with Gasteiger partial charge in [-0.1, -0.05) is 58.0 Å². The number of alkyl halides is 8. The summed E-state index contributed by atoms with van der Waals surface area (Å²) >= 11 is 0. The smallest absolute Gasteiger partial charge is 0.381 e. The van der Waals surface area contributed by atoms with E-state index in [1.54, 1.807) is 13.8 Å². The number of carbonyl (C=O) groups excluding carboxylic acids is 2. The third kappa shape index (κ3) is 13.3. The fourth-order valence-electron chi connectivity index (χ4n) is 2.55. The average molecular weight is 655 g/mol. The van der Waals surface area contributed by atoms with E-state index in [0.29, 0.717) is 12.3 Å². The van der Waals surface area contributed by atoms with E-state index in [0.717, 1.165) is 0 Å². The molecule has 1 rings (SSSR count). The first-order valence-electron chi connectivity index (χ1n) is 14.0. The van der Waals surface area contributed by atoms with Gasteiger partial charge in [-0.3, -0.25) is 9.59 Å². The number of carbonyl (C=O) groups is 2. The van der Waals surface area contributed by atoms with Crippen LogP contribution in [0.5, 0.6) is 0 Å². The van der Waals surface area contributed by atoms with E-state index in [4.69, 9.17) is 14.9 Å². The quantitative estimate of drug-likeness (QED) is 0.158. The van der Waals surface area contributed by atoms with Gasteiger partial charge in [-0.15, -0.1) is 0 Å². The molecule has 0 fully saturated rings. The molecule has 0 aliphatic rings. The van der Waals surface area contributed by atoms with E-state index < -0.39 is 53.7 Å². The SMILES string of the molecule is CCC(C)(C)C(=O)OCC(F)(F)C(F)(F)C(F)(F)C(F)F.CCC(C)(C)C(=O)OCC(O)CO.CCC(C)c1ccccc1. The highest BCUT2D eigenvalue weighted by Crippen LogP contribution is 2.48. The van der Waals surface area contributed by atoms with E-state index in [-0.39, 0.29) is 25.6 Å². The van der Waals surface area contributed by atoms with E-state index in [1.165, 1.54) is 32.8 Å². The van der Waals surface area contributed by atoms with Crippen molar-refractivity contribution >= 4 is 11.9 Å². The fraction of sp³-hybridized carbons (Fsp3) is 0.733. The molecule has 0 spiro atoms. The Morgan fingerprint density at radius 1 is 0.818 bits per heavy atom. The van der Waals surface area contributed by atoms with Crippen LogP contribution in [0.3, 0.4) is 0 Å². The molecule has 2 N–H and O–H groups in total. The zero-order chi connectivity index (χ0) is 35.2. The normalized spacial score (nSPS) is 14.0. The lowest BCUT2D eigenvalue weighted by molar-refractivity contribution is -0.344. The summed E-state index contributed by atoms with van der Waals surface area (Å²) in [5.74, 6) is -19.2. The summed E-state index contributed by atoms with van der Waals surface area (Å²) in [5.41, 5.74) is -0.379. The van der Waals surface area contributed by atoms with Crippen molar-refractivity contribution in [2.45, 2.75) is 111 Å². The number of ether oxygens (including phenoxy) is 2. The van der Waals surface area contributed by atoms with Crippen LogP contribution in [-0.4, -0.2) is 72.3 Å². The number of aliphatic hydroxyl groups is 2. The van der Waals surface area contributed by atoms with Crippen molar-refractivity contribution in [3.05, 3.63) is 35.9 Å². The largest absolute Gasteiger partial charge is 0.462 e. The minimum Gasteiger partial charge on any atom is -0.462 e. The molecule has 0 bridgehead atoms. The van der Waals surface area contributed by atoms with Crippen LogP contribution in [0.1, 0.15) is 86.1 Å². The molecule has 1 aromatic rings. The lowest BCUT2D eigenvalue weighted by Crippen LogP contribution is -2.59. The van der Waals surface area contributed by atoms with Crippen molar-refractivity contribution in [3.8, 4) is 0 Å². The van der Waals surface area contributed by atoms with Crippen LogP contribution in [-0.2, 0) is 19.1 Å². The molecule has 0 heterocycles. The van der Waals surface area contributed by atoms with Crippen LogP contribution < -0.4 is 0 Å². The first kappa shape index (κ1) is 43.6. The van der Waals surface area contributed by atoms with Crippen molar-refractivity contribution in [2.24, 2.45) is 10.8 Å². The summed E-state index contributed by atoms with van der Waals surface area (Å²) in [5, 5.41) is 17.4. The standard InChI is InChI=1S/C11H14F8O2.C10H14.C9H18O4/c1-4-8(2,3)7(20)21-5-9(14,15)11(18,19)10(16,17)6(12)13;1-3-9(2)10-7-5-4-6-8-10;1-4-9(2,3)8(12)13-6-7(11)5-10/h6H,4-5H2,1-3H3;4-9H,3H2,1-2H3;7,10-11H,4-6H2,1-3H3. The van der Waals surface area contributed by atoms with Gasteiger partial charge in [-0.2, -0.15) is 26.3 Å². The van der Waals surface area contributed by atoms with Crippen LogP contribution in [0.15, 0.2) is 30.3 Å². The van der Waals surface area contributed by atoms with Crippen LogP contribution in [0.2, 0.25) is 0 Å². The molecule has 2 unspecified atom stereocenters. The summed E-state index contributed by atoms with van der Waals surface area (Å²) in [6, 6.07) is 10.6. The molecule has 14 heteroatoms. The summed E-state index contributed by atoms with van der Waals surface area (Å²) in [6.45, 7) is 10.9. The molecule has 0 saturated heterocycles. The third-order valence-electron chi connectivity index (χ3n) is 7.01. The second kappa shape index (κ2) is 18.5. The number of aliphatic hydroxyl groups excluding tert-OH is 2. The van der Waals surface area contributed by atoms with Gasteiger partial charge in [0.1, 0.15) is 12.7 Å². The zero-order valence-electron chi connectivity index (χ0n) is 26.4. The van der Waals surface area contributed by atoms with Gasteiger partial charge in [0.15, 0.2) is 6.61 Å². The Bertz CT molecular complexity index is 972. The first-order chi connectivity index (χ1) is 19.9. The molecule has 0 saturated carbocycles. The van der Waals surface area contributed by atoms with Gasteiger partial charge in [0.05, 0.1) is 17.4 Å². The average Bonchev–Trinajstić information content (AvgIpc) is 2.98. The van der Waals surface area contributed by atoms with E-state index in [2.05, 4.69) is 48.9 Å². The first-order valence-corrected chi connectivity index (χ1v) is 14.0. The molecule has 6 nitrogen and oxygen atoms in total. The summed E-state index contributed by atoms with van der Waals surface area (Å²) in [4.78, 5) is 22.6. The van der Waals surface area contributed by atoms with E-state index in [9.17, 15) is 44.7 Å². The molecule has 0 amide bonds. The number of hydrogen-bond acceptors (Lipinski definition) is 6. The van der Waals surface area contributed by atoms with Gasteiger partial charge in [0.2, 0.25) is 0 Å². The molecule has 2 atom stereocenters. The Morgan fingerprint density at radius 2 is 1.25 bits per heavy atom. The highest BCUT2D eigenvalue weighted by molar-refractivity contribution is 5.76. The summed E-state index contributed by atoms with van der Waals surface area (Å²) in [7, 11) is 0. The fourth-order valence-corrected chi connectivity index (χ4v) is 2.55. The van der Waals surface area contributed by atoms with E-state index in [1.807, 2.05) is 6.92 Å². The molecule has 0 aromatic heterocycles. The molecule has 0 aliphatic heterocycles. The second-order valence-corrected chi connectivity index (χ2v) is 11.4. The molecule has 0 radical (unpaired) electrons. The van der Waals surface area contributed by atoms with Crippen molar-refractivity contribution in [2.75, 3.05) is 19.8 Å². The van der Waals surface area contributed by atoms with Crippen LogP contribution >= 0.6 is 0 Å². The summed E-state index contributed by atoms with van der Waals surface area (Å²) < 4.78 is 109. The van der Waals surface area contributed by atoms with Crippen molar-refractivity contribution in [1.82, 2.24) is 0 Å². The Labute approximate surface area is 254 Å². The van der Waals surface area contributed by atoms with Gasteiger partial charge in [-0.25, -0.2) is 8.78 Å². The Morgan fingerprint density at radius 3 is 1.61 bits per heavy atom. The van der Waals surface area contributed by atoms with Gasteiger partial charge in [0, 0.05) is 0 Å². The zero-order valence-corrected chi connectivity index (χ0v) is 26.4. The predicted molar refractivity (Wildman–Crippen MR) is 149 cm³/mol. The van der Waals surface area contributed by atoms with Crippen LogP contribution in [0, 0.1) is 10.8 Å². The number of rotatable bonds is 14. The number of hydrogen-bond donors (Lipinski definition) is 2. The Hall–Kier alpha value is -2.48. The molecular formula is C30H46F8O6. The number of benzene rings is 1. The maximum Gasteiger partial charge on any atom is 0.381 e. The van der Waals surface area contributed by atoms with Crippen LogP contribution in [0.25, 0.3) is 0 Å². The molecule has 44 heavy (non-hydrogen) atoms. The molecular weight excluding hydrogens is 608 g/mol. The molecule has 0 aliphatic carbocycles. The Balaban J connectivity index is 0. The maximum atomic E-state index is 13.1. The minimum absolute atomic E-state index is 0.0982. The van der Waals surface area contributed by atoms with Gasteiger partial charge >= 0.3 is 36.1 Å². The second-order valence-electron chi connectivity index (χ2n) is 11.4. The van der Waals surface area contributed by atoms with Crippen molar-refractivity contribution in [1.29, 1.82) is 0 Å². The van der Waals surface area contributed by atoms with Gasteiger partial charge in [-0.05, 0) is 58.4 Å². The van der Waals surface area contributed by atoms with E-state index >= 15 is 0 Å². The predicted octanol–water partition coefficient (Wildman–Crippen LogP) is 7.66. The van der Waals surface area contributed by atoms with Gasteiger partial charge < -0.3 is 19.7 Å². The van der Waals surface area contributed by atoms with Gasteiger partial charge in [0.25, 0.3) is 0 Å². The van der Waals surface area contributed by atoms with Crippen molar-refractivity contribution < 1.29 is 64.4 Å². The lowest BCUT2D eigenvalue weighted by Gasteiger charge is -2.32. The number of esters is 2. The minimum atomic E-state index is -6.37. The number of halogens is 8. The highest BCUT2D eigenvalue weighted by Gasteiger charge is 2.75. The Kier molecular flexibility index (Phi) is 18.3. The molecule has 258 valence electrons.